The topological polar surface area (TPSA) is 56.0 Å². The molecule has 15 heavy (non-hydrogen) atoms. The van der Waals surface area contributed by atoms with Crippen LogP contribution in [-0.2, 0) is 0 Å². The summed E-state index contributed by atoms with van der Waals surface area (Å²) in [5, 5.41) is 20.8. The van der Waals surface area contributed by atoms with E-state index in [4.69, 9.17) is 10.4 Å². The van der Waals surface area contributed by atoms with E-state index in [-0.39, 0.29) is 11.7 Å². The molecule has 0 amide bonds. The summed E-state index contributed by atoms with van der Waals surface area (Å²) >= 11 is 0. The molecule has 1 aromatic carbocycles. The first-order chi connectivity index (χ1) is 7.13. The molecular weight excluding hydrogens is 195 g/mol. The van der Waals surface area contributed by atoms with Gasteiger partial charge in [0.1, 0.15) is 11.9 Å². The van der Waals surface area contributed by atoms with Crippen LogP contribution >= 0.6 is 0 Å². The Bertz CT molecular complexity index is 371. The van der Waals surface area contributed by atoms with Gasteiger partial charge in [0.25, 0.3) is 0 Å². The summed E-state index contributed by atoms with van der Waals surface area (Å²) in [6.07, 6.45) is 0.200. The van der Waals surface area contributed by atoms with Crippen molar-refractivity contribution in [2.45, 2.75) is 19.4 Å². The van der Waals surface area contributed by atoms with Crippen LogP contribution in [0.4, 0.5) is 10.1 Å². The minimum Gasteiger partial charge on any atom is -0.393 e. The van der Waals surface area contributed by atoms with E-state index in [0.717, 1.165) is 0 Å². The Morgan fingerprint density at radius 1 is 1.60 bits per heavy atom. The zero-order valence-electron chi connectivity index (χ0n) is 8.50. The maximum absolute atomic E-state index is 12.8. The molecule has 0 fully saturated rings. The maximum atomic E-state index is 12.8. The van der Waals surface area contributed by atoms with Crippen LogP contribution in [0.3, 0.4) is 0 Å². The molecule has 0 aliphatic rings. The molecule has 0 aromatic heterocycles. The second-order valence-electron chi connectivity index (χ2n) is 3.37. The van der Waals surface area contributed by atoms with Gasteiger partial charge in [-0.3, -0.25) is 0 Å². The van der Waals surface area contributed by atoms with E-state index < -0.39 is 5.82 Å². The molecule has 0 heterocycles. The van der Waals surface area contributed by atoms with Gasteiger partial charge in [-0.15, -0.1) is 0 Å². The maximum Gasteiger partial charge on any atom is 0.124 e. The first-order valence-electron chi connectivity index (χ1n) is 4.75. The summed E-state index contributed by atoms with van der Waals surface area (Å²) in [6, 6.07) is 5.92. The molecule has 4 heteroatoms. The number of hydrogen-bond acceptors (Lipinski definition) is 3. The molecule has 3 nitrogen and oxygen atoms in total. The Labute approximate surface area is 88.2 Å². The fourth-order valence-corrected chi connectivity index (χ4v) is 1.18. The second kappa shape index (κ2) is 5.32. The molecular formula is C11H13FN2O. The average molecular weight is 208 g/mol. The molecule has 1 atom stereocenters. The average Bonchev–Trinajstić information content (AvgIpc) is 2.19. The normalized spacial score (nSPS) is 11.9. The quantitative estimate of drug-likeness (QED) is 0.794. The summed E-state index contributed by atoms with van der Waals surface area (Å²) in [4.78, 5) is 0. The van der Waals surface area contributed by atoms with Crippen molar-refractivity contribution in [3.05, 3.63) is 29.6 Å². The van der Waals surface area contributed by atoms with Crippen LogP contribution in [0.25, 0.3) is 0 Å². The highest BCUT2D eigenvalue weighted by atomic mass is 19.1. The number of benzene rings is 1. The van der Waals surface area contributed by atoms with E-state index in [1.54, 1.807) is 6.92 Å². The second-order valence-corrected chi connectivity index (χ2v) is 3.37. The van der Waals surface area contributed by atoms with Gasteiger partial charge in [-0.2, -0.15) is 5.26 Å². The van der Waals surface area contributed by atoms with Gasteiger partial charge in [-0.25, -0.2) is 4.39 Å². The van der Waals surface area contributed by atoms with Crippen LogP contribution in [0.5, 0.6) is 0 Å². The number of hydrogen-bond donors (Lipinski definition) is 2. The highest BCUT2D eigenvalue weighted by molar-refractivity contribution is 5.57. The van der Waals surface area contributed by atoms with Gasteiger partial charge in [0.05, 0.1) is 17.4 Å². The third-order valence-electron chi connectivity index (χ3n) is 1.98. The molecule has 0 bridgehead atoms. The number of anilines is 1. The fourth-order valence-electron chi connectivity index (χ4n) is 1.18. The van der Waals surface area contributed by atoms with E-state index in [1.165, 1.54) is 18.2 Å². The van der Waals surface area contributed by atoms with Crippen molar-refractivity contribution in [3.8, 4) is 6.07 Å². The lowest BCUT2D eigenvalue weighted by Gasteiger charge is -2.09. The Morgan fingerprint density at radius 2 is 2.33 bits per heavy atom. The molecule has 1 aromatic rings. The molecule has 1 rings (SSSR count). The molecule has 80 valence electrons. The third-order valence-corrected chi connectivity index (χ3v) is 1.98. The first-order valence-corrected chi connectivity index (χ1v) is 4.75. The molecule has 0 radical (unpaired) electrons. The predicted molar refractivity (Wildman–Crippen MR) is 55.9 cm³/mol. The summed E-state index contributed by atoms with van der Waals surface area (Å²) in [5.74, 6) is -0.423. The van der Waals surface area contributed by atoms with Crippen LogP contribution in [0.1, 0.15) is 18.9 Å². The minimum absolute atomic E-state index is 0.278. The van der Waals surface area contributed by atoms with Gasteiger partial charge in [0.2, 0.25) is 0 Å². The molecule has 2 N–H and O–H groups in total. The van der Waals surface area contributed by atoms with Gasteiger partial charge in [0.15, 0.2) is 0 Å². The number of aliphatic hydroxyl groups is 1. The van der Waals surface area contributed by atoms with Gasteiger partial charge in [-0.1, -0.05) is 0 Å². The van der Waals surface area contributed by atoms with Crippen LogP contribution in [0, 0.1) is 17.1 Å². The van der Waals surface area contributed by atoms with Gasteiger partial charge in [-0.05, 0) is 31.5 Å². The Balaban J connectivity index is 2.65. The van der Waals surface area contributed by atoms with Gasteiger partial charge in [0, 0.05) is 6.54 Å². The standard InChI is InChI=1S/C11H13FN2O/c1-8(15)4-5-14-11-3-2-10(12)6-9(11)7-13/h2-3,6,8,14-15H,4-5H2,1H3. The number of halogens is 1. The van der Waals surface area contributed by atoms with E-state index in [2.05, 4.69) is 5.32 Å². The Hall–Kier alpha value is -1.60. The lowest BCUT2D eigenvalue weighted by Crippen LogP contribution is -2.10. The van der Waals surface area contributed by atoms with E-state index in [0.29, 0.717) is 18.7 Å². The van der Waals surface area contributed by atoms with Crippen molar-refractivity contribution < 1.29 is 9.50 Å². The van der Waals surface area contributed by atoms with Crippen LogP contribution in [-0.4, -0.2) is 17.8 Å². The zero-order valence-corrected chi connectivity index (χ0v) is 8.50. The van der Waals surface area contributed by atoms with Gasteiger partial charge >= 0.3 is 0 Å². The van der Waals surface area contributed by atoms with E-state index in [1.807, 2.05) is 6.07 Å². The van der Waals surface area contributed by atoms with Crippen molar-refractivity contribution in [2.75, 3.05) is 11.9 Å². The first kappa shape index (κ1) is 11.5. The largest absolute Gasteiger partial charge is 0.393 e. The lowest BCUT2D eigenvalue weighted by atomic mass is 10.2. The van der Waals surface area contributed by atoms with Crippen molar-refractivity contribution in [1.82, 2.24) is 0 Å². The van der Waals surface area contributed by atoms with Gasteiger partial charge < -0.3 is 10.4 Å². The highest BCUT2D eigenvalue weighted by Gasteiger charge is 2.03. The highest BCUT2D eigenvalue weighted by Crippen LogP contribution is 2.15. The summed E-state index contributed by atoms with van der Waals surface area (Å²) < 4.78 is 12.8. The number of aliphatic hydroxyl groups excluding tert-OH is 1. The van der Waals surface area contributed by atoms with Crippen LogP contribution in [0.15, 0.2) is 18.2 Å². The van der Waals surface area contributed by atoms with Crippen LogP contribution in [0.2, 0.25) is 0 Å². The van der Waals surface area contributed by atoms with Crippen molar-refractivity contribution >= 4 is 5.69 Å². The summed E-state index contributed by atoms with van der Waals surface area (Å²) in [5.41, 5.74) is 0.875. The Morgan fingerprint density at radius 3 is 2.93 bits per heavy atom. The zero-order chi connectivity index (χ0) is 11.3. The van der Waals surface area contributed by atoms with E-state index in [9.17, 15) is 4.39 Å². The molecule has 0 saturated carbocycles. The minimum atomic E-state index is -0.423. The van der Waals surface area contributed by atoms with Crippen molar-refractivity contribution in [3.63, 3.8) is 0 Å². The number of nitrogens with zero attached hydrogens (tertiary/aromatic N) is 1. The Kier molecular flexibility index (Phi) is 4.07. The predicted octanol–water partition coefficient (Wildman–Crippen LogP) is 1.88. The lowest BCUT2D eigenvalue weighted by molar-refractivity contribution is 0.189. The summed E-state index contributed by atoms with van der Waals surface area (Å²) in [6.45, 7) is 2.25. The fraction of sp³-hybridized carbons (Fsp3) is 0.364. The molecule has 0 saturated heterocycles. The molecule has 0 aliphatic carbocycles. The smallest absolute Gasteiger partial charge is 0.124 e. The number of nitriles is 1. The molecule has 1 unspecified atom stereocenters. The molecule has 0 spiro atoms. The number of nitrogens with one attached hydrogen (secondary N) is 1. The molecule has 0 aliphatic heterocycles. The third kappa shape index (κ3) is 3.56. The van der Waals surface area contributed by atoms with Crippen LogP contribution < -0.4 is 5.32 Å². The SMILES string of the molecule is CC(O)CCNc1ccc(F)cc1C#N. The van der Waals surface area contributed by atoms with Crippen molar-refractivity contribution in [2.24, 2.45) is 0 Å². The number of rotatable bonds is 4. The van der Waals surface area contributed by atoms with Crippen molar-refractivity contribution in [1.29, 1.82) is 5.26 Å². The summed E-state index contributed by atoms with van der Waals surface area (Å²) in [7, 11) is 0. The monoisotopic (exact) mass is 208 g/mol. The van der Waals surface area contributed by atoms with E-state index >= 15 is 0 Å².